The fourth-order valence-corrected chi connectivity index (χ4v) is 3.80. The highest BCUT2D eigenvalue weighted by Gasteiger charge is 2.43. The average Bonchev–Trinajstić information content (AvgIpc) is 2.48. The van der Waals surface area contributed by atoms with Crippen molar-refractivity contribution < 1.29 is 9.53 Å². The molecule has 2 rings (SSSR count). The van der Waals surface area contributed by atoms with E-state index in [9.17, 15) is 4.79 Å². The molecule has 2 atom stereocenters. The van der Waals surface area contributed by atoms with Gasteiger partial charge in [-0.1, -0.05) is 11.8 Å². The van der Waals surface area contributed by atoms with Gasteiger partial charge in [0.2, 0.25) is 0 Å². The molecule has 0 saturated heterocycles. The van der Waals surface area contributed by atoms with Crippen molar-refractivity contribution in [1.82, 2.24) is 15.3 Å². The maximum atomic E-state index is 12.2. The summed E-state index contributed by atoms with van der Waals surface area (Å²) >= 11 is 1.65. The first kappa shape index (κ1) is 15.3. The van der Waals surface area contributed by atoms with Gasteiger partial charge >= 0.3 is 5.97 Å². The number of aromatic nitrogens is 2. The zero-order valence-electron chi connectivity index (χ0n) is 12.0. The molecule has 1 N–H and O–H groups in total. The van der Waals surface area contributed by atoms with E-state index in [1.807, 2.05) is 14.0 Å². The fourth-order valence-electron chi connectivity index (χ4n) is 2.60. The van der Waals surface area contributed by atoms with Crippen LogP contribution < -0.4 is 5.32 Å². The summed E-state index contributed by atoms with van der Waals surface area (Å²) in [5.41, 5.74) is -0.555. The Morgan fingerprint density at radius 2 is 2.30 bits per heavy atom. The van der Waals surface area contributed by atoms with Crippen molar-refractivity contribution in [1.29, 1.82) is 0 Å². The lowest BCUT2D eigenvalue weighted by molar-refractivity contribution is -0.152. The lowest BCUT2D eigenvalue weighted by Gasteiger charge is -2.38. The van der Waals surface area contributed by atoms with Gasteiger partial charge in [0.15, 0.2) is 5.16 Å². The van der Waals surface area contributed by atoms with Crippen LogP contribution in [-0.2, 0) is 9.53 Å². The van der Waals surface area contributed by atoms with Gasteiger partial charge in [-0.05, 0) is 45.7 Å². The topological polar surface area (TPSA) is 64.1 Å². The number of likely N-dealkylation sites (N-methyl/N-ethyl adjacent to an activating group) is 1. The minimum Gasteiger partial charge on any atom is -0.465 e. The van der Waals surface area contributed by atoms with Gasteiger partial charge in [0.05, 0.1) is 6.61 Å². The van der Waals surface area contributed by atoms with E-state index in [0.29, 0.717) is 11.9 Å². The Morgan fingerprint density at radius 3 is 2.95 bits per heavy atom. The molecular formula is C14H21N3O2S. The first-order valence-electron chi connectivity index (χ1n) is 7.00. The number of carbonyl (C=O) groups is 1. The molecular weight excluding hydrogens is 274 g/mol. The normalized spacial score (nSPS) is 26.2. The third kappa shape index (κ3) is 3.49. The molecule has 20 heavy (non-hydrogen) atoms. The molecule has 0 amide bonds. The van der Waals surface area contributed by atoms with Crippen molar-refractivity contribution in [2.45, 2.75) is 48.6 Å². The van der Waals surface area contributed by atoms with Gasteiger partial charge in [0.25, 0.3) is 0 Å². The van der Waals surface area contributed by atoms with Crippen molar-refractivity contribution in [3.63, 3.8) is 0 Å². The van der Waals surface area contributed by atoms with Gasteiger partial charge in [-0.2, -0.15) is 0 Å². The number of thioether (sulfide) groups is 1. The van der Waals surface area contributed by atoms with Gasteiger partial charge in [-0.15, -0.1) is 0 Å². The second-order valence-electron chi connectivity index (χ2n) is 4.92. The van der Waals surface area contributed by atoms with Crippen molar-refractivity contribution >= 4 is 17.7 Å². The summed E-state index contributed by atoms with van der Waals surface area (Å²) in [5.74, 6) is -0.137. The van der Waals surface area contributed by atoms with Crippen LogP contribution in [0.4, 0.5) is 0 Å². The van der Waals surface area contributed by atoms with E-state index < -0.39 is 5.54 Å². The molecule has 1 aromatic heterocycles. The SMILES string of the molecule is CCOC(=O)C1(NC)CCCC(Sc2ncccn2)C1. The Morgan fingerprint density at radius 1 is 1.55 bits per heavy atom. The molecule has 1 fully saturated rings. The summed E-state index contributed by atoms with van der Waals surface area (Å²) in [7, 11) is 1.84. The number of esters is 1. The molecule has 1 aliphatic carbocycles. The van der Waals surface area contributed by atoms with Crippen LogP contribution in [-0.4, -0.2) is 40.4 Å². The molecule has 0 radical (unpaired) electrons. The van der Waals surface area contributed by atoms with E-state index in [4.69, 9.17) is 4.74 Å². The van der Waals surface area contributed by atoms with E-state index in [0.717, 1.165) is 30.8 Å². The van der Waals surface area contributed by atoms with Gasteiger partial charge in [0.1, 0.15) is 5.54 Å². The van der Waals surface area contributed by atoms with E-state index >= 15 is 0 Å². The Balaban J connectivity index is 2.04. The third-order valence-corrected chi connectivity index (χ3v) is 4.82. The minimum absolute atomic E-state index is 0.137. The van der Waals surface area contributed by atoms with Crippen LogP contribution in [0.15, 0.2) is 23.6 Å². The zero-order valence-corrected chi connectivity index (χ0v) is 12.8. The highest BCUT2D eigenvalue weighted by Crippen LogP contribution is 2.37. The molecule has 1 heterocycles. The van der Waals surface area contributed by atoms with Gasteiger partial charge < -0.3 is 10.1 Å². The Hall–Kier alpha value is -1.14. The standard InChI is InChI=1S/C14H21N3O2S/c1-3-19-12(18)14(15-2)7-4-6-11(10-14)20-13-16-8-5-9-17-13/h5,8-9,11,15H,3-4,6-7,10H2,1-2H3. The number of carbonyl (C=O) groups excluding carboxylic acids is 1. The Kier molecular flexibility index (Phi) is 5.37. The molecule has 0 aromatic carbocycles. The van der Waals surface area contributed by atoms with Crippen LogP contribution in [0.5, 0.6) is 0 Å². The van der Waals surface area contributed by atoms with Gasteiger partial charge in [0, 0.05) is 17.6 Å². The molecule has 6 heteroatoms. The lowest BCUT2D eigenvalue weighted by Crippen LogP contribution is -2.54. The van der Waals surface area contributed by atoms with Crippen molar-refractivity contribution in [3.05, 3.63) is 18.5 Å². The first-order chi connectivity index (χ1) is 9.70. The second-order valence-corrected chi connectivity index (χ2v) is 6.19. The molecule has 1 saturated carbocycles. The molecule has 110 valence electrons. The highest BCUT2D eigenvalue weighted by atomic mass is 32.2. The van der Waals surface area contributed by atoms with Gasteiger partial charge in [-0.3, -0.25) is 4.79 Å². The molecule has 1 aliphatic rings. The lowest BCUT2D eigenvalue weighted by atomic mass is 9.81. The molecule has 0 spiro atoms. The summed E-state index contributed by atoms with van der Waals surface area (Å²) < 4.78 is 5.23. The van der Waals surface area contributed by atoms with Crippen LogP contribution in [0.3, 0.4) is 0 Å². The van der Waals surface area contributed by atoms with Gasteiger partial charge in [-0.25, -0.2) is 9.97 Å². The van der Waals surface area contributed by atoms with Crippen LogP contribution in [0, 0.1) is 0 Å². The first-order valence-corrected chi connectivity index (χ1v) is 7.88. The van der Waals surface area contributed by atoms with E-state index in [1.165, 1.54) is 0 Å². The predicted molar refractivity (Wildman–Crippen MR) is 78.6 cm³/mol. The molecule has 1 aromatic rings. The monoisotopic (exact) mass is 295 g/mol. The predicted octanol–water partition coefficient (Wildman–Crippen LogP) is 2.03. The number of nitrogens with zero attached hydrogens (tertiary/aromatic N) is 2. The largest absolute Gasteiger partial charge is 0.465 e. The quantitative estimate of drug-likeness (QED) is 0.662. The van der Waals surface area contributed by atoms with Crippen LogP contribution in [0.1, 0.15) is 32.6 Å². The fraction of sp³-hybridized carbons (Fsp3) is 0.643. The average molecular weight is 295 g/mol. The van der Waals surface area contributed by atoms with E-state index in [2.05, 4.69) is 15.3 Å². The number of nitrogens with one attached hydrogen (secondary N) is 1. The molecule has 5 nitrogen and oxygen atoms in total. The summed E-state index contributed by atoms with van der Waals surface area (Å²) in [6.45, 7) is 2.26. The molecule has 0 aliphatic heterocycles. The maximum Gasteiger partial charge on any atom is 0.326 e. The van der Waals surface area contributed by atoms with Crippen molar-refractivity contribution in [3.8, 4) is 0 Å². The van der Waals surface area contributed by atoms with Crippen LogP contribution >= 0.6 is 11.8 Å². The summed E-state index contributed by atoms with van der Waals surface area (Å²) in [5, 5.41) is 4.30. The molecule has 0 bridgehead atoms. The Labute approximate surface area is 123 Å². The van der Waals surface area contributed by atoms with Crippen LogP contribution in [0.25, 0.3) is 0 Å². The second kappa shape index (κ2) is 7.04. The van der Waals surface area contributed by atoms with Crippen molar-refractivity contribution in [2.75, 3.05) is 13.7 Å². The summed E-state index contributed by atoms with van der Waals surface area (Å²) in [4.78, 5) is 20.7. The number of ether oxygens (including phenoxy) is 1. The minimum atomic E-state index is -0.555. The third-order valence-electron chi connectivity index (χ3n) is 3.66. The summed E-state index contributed by atoms with van der Waals surface area (Å²) in [6.07, 6.45) is 7.15. The van der Waals surface area contributed by atoms with Crippen molar-refractivity contribution in [2.24, 2.45) is 0 Å². The maximum absolute atomic E-state index is 12.2. The van der Waals surface area contributed by atoms with Crippen LogP contribution in [0.2, 0.25) is 0 Å². The number of hydrogen-bond donors (Lipinski definition) is 1. The smallest absolute Gasteiger partial charge is 0.326 e. The Bertz CT molecular complexity index is 443. The molecule has 2 unspecified atom stereocenters. The number of rotatable bonds is 5. The zero-order chi connectivity index (χ0) is 14.4. The number of hydrogen-bond acceptors (Lipinski definition) is 6. The highest BCUT2D eigenvalue weighted by molar-refractivity contribution is 7.99. The van der Waals surface area contributed by atoms with E-state index in [1.54, 1.807) is 30.2 Å². The summed E-state index contributed by atoms with van der Waals surface area (Å²) in [6, 6.07) is 1.81. The van der Waals surface area contributed by atoms with E-state index in [-0.39, 0.29) is 5.97 Å².